The zero-order chi connectivity index (χ0) is 14.2. The third-order valence-corrected chi connectivity index (χ3v) is 5.33. The maximum Gasteiger partial charge on any atom is 0.305 e. The molecule has 3 aliphatic rings. The first-order valence-electron chi connectivity index (χ1n) is 7.88. The lowest BCUT2D eigenvalue weighted by atomic mass is 9.78. The van der Waals surface area contributed by atoms with Gasteiger partial charge in [-0.15, -0.1) is 0 Å². The predicted molar refractivity (Wildman–Crippen MR) is 74.3 cm³/mol. The van der Waals surface area contributed by atoms with Gasteiger partial charge in [-0.05, 0) is 32.1 Å². The Hall–Kier alpha value is -1.10. The minimum Gasteiger partial charge on any atom is -0.481 e. The number of rotatable bonds is 4. The summed E-state index contributed by atoms with van der Waals surface area (Å²) in [6, 6.07) is 0.808. The normalized spacial score (nSPS) is 34.9. The Morgan fingerprint density at radius 2 is 1.95 bits per heavy atom. The number of amides is 1. The molecule has 3 fully saturated rings. The van der Waals surface area contributed by atoms with E-state index in [9.17, 15) is 9.59 Å². The maximum atomic E-state index is 12.5. The van der Waals surface area contributed by atoms with Crippen LogP contribution in [0.5, 0.6) is 0 Å². The van der Waals surface area contributed by atoms with E-state index >= 15 is 0 Å². The molecule has 5 heteroatoms. The lowest BCUT2D eigenvalue weighted by Gasteiger charge is -2.38. The molecule has 2 saturated heterocycles. The lowest BCUT2D eigenvalue weighted by molar-refractivity contribution is -0.140. The largest absolute Gasteiger partial charge is 0.481 e. The van der Waals surface area contributed by atoms with E-state index in [0.717, 1.165) is 44.9 Å². The van der Waals surface area contributed by atoms with E-state index in [0.29, 0.717) is 12.1 Å². The van der Waals surface area contributed by atoms with E-state index < -0.39 is 11.5 Å². The van der Waals surface area contributed by atoms with Crippen molar-refractivity contribution in [3.63, 3.8) is 0 Å². The van der Waals surface area contributed by atoms with Crippen molar-refractivity contribution in [2.24, 2.45) is 5.92 Å². The number of carbonyl (C=O) groups is 2. The fraction of sp³-hybridized carbons (Fsp3) is 0.867. The van der Waals surface area contributed by atoms with Crippen LogP contribution in [-0.4, -0.2) is 34.6 Å². The van der Waals surface area contributed by atoms with Crippen LogP contribution in [0, 0.1) is 5.92 Å². The number of nitrogens with one attached hydrogen (secondary N) is 2. The van der Waals surface area contributed by atoms with E-state index in [2.05, 4.69) is 10.6 Å². The van der Waals surface area contributed by atoms with Crippen LogP contribution in [0.1, 0.15) is 57.8 Å². The first-order valence-corrected chi connectivity index (χ1v) is 7.88. The molecule has 2 heterocycles. The zero-order valence-electron chi connectivity index (χ0n) is 11.9. The summed E-state index contributed by atoms with van der Waals surface area (Å²) in [6.45, 7) is 0. The number of hydrogen-bond donors (Lipinski definition) is 3. The molecule has 5 nitrogen and oxygen atoms in total. The van der Waals surface area contributed by atoms with Gasteiger partial charge in [0.2, 0.25) is 5.91 Å². The standard InChI is InChI=1S/C15H24N2O3/c18-13(19)9-15(6-2-1-3-7-15)17-14(20)11-8-10-4-5-12(11)16-10/h10-12,16H,1-9H2,(H,17,20)(H,18,19). The molecular weight excluding hydrogens is 256 g/mol. The van der Waals surface area contributed by atoms with Gasteiger partial charge in [-0.1, -0.05) is 19.3 Å². The SMILES string of the molecule is O=C(O)CC1(NC(=O)C2CC3CCC2N3)CCCCC1. The minimum atomic E-state index is -0.807. The highest BCUT2D eigenvalue weighted by Crippen LogP contribution is 2.36. The first-order chi connectivity index (χ1) is 9.58. The molecule has 0 radical (unpaired) electrons. The minimum absolute atomic E-state index is 0.0429. The molecule has 0 spiro atoms. The molecule has 0 aromatic carbocycles. The van der Waals surface area contributed by atoms with Gasteiger partial charge in [0.25, 0.3) is 0 Å². The zero-order valence-corrected chi connectivity index (χ0v) is 11.9. The Bertz CT molecular complexity index is 404. The fourth-order valence-corrected chi connectivity index (χ4v) is 4.33. The van der Waals surface area contributed by atoms with Gasteiger partial charge in [0.1, 0.15) is 0 Å². The third kappa shape index (κ3) is 2.68. The second kappa shape index (κ2) is 5.35. The van der Waals surface area contributed by atoms with Crippen molar-refractivity contribution in [2.45, 2.75) is 75.4 Å². The first kappa shape index (κ1) is 13.9. The average molecular weight is 280 g/mol. The molecule has 3 rings (SSSR count). The second-order valence-electron chi connectivity index (χ2n) is 6.79. The van der Waals surface area contributed by atoms with Crippen LogP contribution in [0.25, 0.3) is 0 Å². The van der Waals surface area contributed by atoms with Gasteiger partial charge in [0.15, 0.2) is 0 Å². The highest BCUT2D eigenvalue weighted by atomic mass is 16.4. The van der Waals surface area contributed by atoms with Crippen molar-refractivity contribution >= 4 is 11.9 Å². The summed E-state index contributed by atoms with van der Waals surface area (Å²) in [5.41, 5.74) is -0.497. The molecule has 2 aliphatic heterocycles. The van der Waals surface area contributed by atoms with Crippen molar-refractivity contribution in [3.8, 4) is 0 Å². The highest BCUT2D eigenvalue weighted by molar-refractivity contribution is 5.82. The molecule has 3 N–H and O–H groups in total. The van der Waals surface area contributed by atoms with Gasteiger partial charge >= 0.3 is 5.97 Å². The van der Waals surface area contributed by atoms with Crippen molar-refractivity contribution in [1.29, 1.82) is 0 Å². The predicted octanol–water partition coefficient (Wildman–Crippen LogP) is 1.42. The molecule has 0 aromatic rings. The average Bonchev–Trinajstić information content (AvgIpc) is 3.00. The number of aliphatic carboxylic acids is 1. The van der Waals surface area contributed by atoms with Crippen LogP contribution in [0.3, 0.4) is 0 Å². The summed E-state index contributed by atoms with van der Waals surface area (Å²) in [5.74, 6) is -0.688. The lowest BCUT2D eigenvalue weighted by Crippen LogP contribution is -2.54. The Labute approximate surface area is 119 Å². The highest BCUT2D eigenvalue weighted by Gasteiger charge is 2.45. The molecule has 1 amide bonds. The van der Waals surface area contributed by atoms with Crippen molar-refractivity contribution in [2.75, 3.05) is 0 Å². The monoisotopic (exact) mass is 280 g/mol. The fourth-order valence-electron chi connectivity index (χ4n) is 4.33. The topological polar surface area (TPSA) is 78.4 Å². The van der Waals surface area contributed by atoms with Gasteiger partial charge < -0.3 is 15.7 Å². The molecule has 112 valence electrons. The van der Waals surface area contributed by atoms with E-state index in [4.69, 9.17) is 5.11 Å². The van der Waals surface area contributed by atoms with E-state index in [1.54, 1.807) is 0 Å². The Morgan fingerprint density at radius 1 is 1.20 bits per heavy atom. The van der Waals surface area contributed by atoms with Gasteiger partial charge in [0.05, 0.1) is 17.9 Å². The van der Waals surface area contributed by atoms with Gasteiger partial charge in [-0.3, -0.25) is 9.59 Å². The van der Waals surface area contributed by atoms with Crippen LogP contribution in [0.15, 0.2) is 0 Å². The molecule has 20 heavy (non-hydrogen) atoms. The molecular formula is C15H24N2O3. The van der Waals surface area contributed by atoms with Crippen molar-refractivity contribution < 1.29 is 14.7 Å². The van der Waals surface area contributed by atoms with Gasteiger partial charge in [-0.2, -0.15) is 0 Å². The van der Waals surface area contributed by atoms with Crippen LogP contribution in [0.4, 0.5) is 0 Å². The maximum absolute atomic E-state index is 12.5. The van der Waals surface area contributed by atoms with E-state index in [1.807, 2.05) is 0 Å². The Kier molecular flexibility index (Phi) is 3.71. The summed E-state index contributed by atoms with van der Waals surface area (Å²) < 4.78 is 0. The van der Waals surface area contributed by atoms with Crippen molar-refractivity contribution in [1.82, 2.24) is 10.6 Å². The Balaban J connectivity index is 1.66. The second-order valence-corrected chi connectivity index (χ2v) is 6.79. The summed E-state index contributed by atoms with van der Waals surface area (Å²) in [6.07, 6.45) is 8.02. The van der Waals surface area contributed by atoms with E-state index in [1.165, 1.54) is 6.42 Å². The van der Waals surface area contributed by atoms with Crippen LogP contribution >= 0.6 is 0 Å². The smallest absolute Gasteiger partial charge is 0.305 e. The van der Waals surface area contributed by atoms with Crippen LogP contribution < -0.4 is 10.6 Å². The number of carboxylic acid groups (broad SMARTS) is 1. The molecule has 3 atom stereocenters. The molecule has 1 aliphatic carbocycles. The molecule has 3 unspecified atom stereocenters. The molecule has 1 saturated carbocycles. The summed E-state index contributed by atoms with van der Waals surface area (Å²) >= 11 is 0. The number of fused-ring (bicyclic) bond motifs is 2. The summed E-state index contributed by atoms with van der Waals surface area (Å²) in [7, 11) is 0. The quantitative estimate of drug-likeness (QED) is 0.728. The van der Waals surface area contributed by atoms with E-state index in [-0.39, 0.29) is 18.2 Å². The third-order valence-electron chi connectivity index (χ3n) is 5.33. The number of hydrogen-bond acceptors (Lipinski definition) is 3. The molecule has 0 aromatic heterocycles. The summed E-state index contributed by atoms with van der Waals surface area (Å²) in [5, 5.41) is 15.8. The van der Waals surface area contributed by atoms with Crippen molar-refractivity contribution in [3.05, 3.63) is 0 Å². The number of carbonyl (C=O) groups excluding carboxylic acids is 1. The molecule has 2 bridgehead atoms. The van der Waals surface area contributed by atoms with Gasteiger partial charge in [-0.25, -0.2) is 0 Å². The number of carboxylic acids is 1. The van der Waals surface area contributed by atoms with Crippen LogP contribution in [-0.2, 0) is 9.59 Å². The summed E-state index contributed by atoms with van der Waals surface area (Å²) in [4.78, 5) is 23.7. The van der Waals surface area contributed by atoms with Gasteiger partial charge in [0, 0.05) is 12.1 Å². The van der Waals surface area contributed by atoms with Crippen LogP contribution in [0.2, 0.25) is 0 Å². The Morgan fingerprint density at radius 3 is 2.50 bits per heavy atom.